The molecule has 1 spiro atoms. The molecule has 4 aliphatic rings. The van der Waals surface area contributed by atoms with Crippen LogP contribution in [0.1, 0.15) is 39.0 Å². The fraction of sp³-hybridized carbons (Fsp3) is 0.917. The first-order valence-corrected chi connectivity index (χ1v) is 6.50. The van der Waals surface area contributed by atoms with Crippen LogP contribution in [0, 0.1) is 5.41 Å². The lowest BCUT2D eigenvalue weighted by atomic mass is 9.51. The zero-order chi connectivity index (χ0) is 12.9. The van der Waals surface area contributed by atoms with E-state index in [4.69, 9.17) is 15.0 Å². The van der Waals surface area contributed by atoms with Gasteiger partial charge < -0.3 is 9.47 Å². The number of hydrogen-bond acceptors (Lipinski definition) is 4. The highest BCUT2D eigenvalue weighted by atomic mass is 16.6. The van der Waals surface area contributed by atoms with Crippen LogP contribution >= 0.6 is 0 Å². The van der Waals surface area contributed by atoms with Gasteiger partial charge in [0.1, 0.15) is 5.41 Å². The normalized spacial score (nSPS) is 38.5. The molecule has 2 aliphatic heterocycles. The van der Waals surface area contributed by atoms with Gasteiger partial charge in [0.25, 0.3) is 0 Å². The topological polar surface area (TPSA) is 84.3 Å². The van der Waals surface area contributed by atoms with Crippen molar-refractivity contribution in [2.45, 2.75) is 50.2 Å². The van der Waals surface area contributed by atoms with Crippen LogP contribution in [0.4, 0.5) is 0 Å². The van der Waals surface area contributed by atoms with E-state index in [1.54, 1.807) is 0 Å². The Labute approximate surface area is 105 Å². The van der Waals surface area contributed by atoms with Crippen LogP contribution in [0.3, 0.4) is 0 Å². The molecular formula is C12H17N3O3. The summed E-state index contributed by atoms with van der Waals surface area (Å²) in [5.74, 6) is -0.126. The molecule has 2 saturated heterocycles. The van der Waals surface area contributed by atoms with E-state index in [2.05, 4.69) is 10.0 Å². The maximum Gasteiger partial charge on any atom is 0.315 e. The van der Waals surface area contributed by atoms with Crippen molar-refractivity contribution in [2.24, 2.45) is 10.5 Å². The predicted molar refractivity (Wildman–Crippen MR) is 62.7 cm³/mol. The van der Waals surface area contributed by atoms with Gasteiger partial charge in [0.05, 0.1) is 24.4 Å². The molecule has 2 aliphatic carbocycles. The first kappa shape index (κ1) is 11.8. The average molecular weight is 251 g/mol. The van der Waals surface area contributed by atoms with Crippen molar-refractivity contribution >= 4 is 5.97 Å². The van der Waals surface area contributed by atoms with Crippen molar-refractivity contribution in [2.75, 3.05) is 13.2 Å². The highest BCUT2D eigenvalue weighted by Crippen LogP contribution is 2.72. The second kappa shape index (κ2) is 3.62. The molecule has 2 heterocycles. The van der Waals surface area contributed by atoms with Crippen LogP contribution in [0.15, 0.2) is 5.11 Å². The summed E-state index contributed by atoms with van der Waals surface area (Å²) in [5, 5.41) is 3.63. The number of nitrogens with zero attached hydrogens (tertiary/aromatic N) is 3. The van der Waals surface area contributed by atoms with Crippen molar-refractivity contribution in [1.82, 2.24) is 0 Å². The number of rotatable bonds is 4. The second-order valence-corrected chi connectivity index (χ2v) is 5.68. The summed E-state index contributed by atoms with van der Waals surface area (Å²) in [4.78, 5) is 15.0. The summed E-state index contributed by atoms with van der Waals surface area (Å²) in [6.07, 6.45) is 4.24. The third-order valence-electron chi connectivity index (χ3n) is 4.78. The average Bonchev–Trinajstić information content (AvgIpc) is 2.73. The largest absolute Gasteiger partial charge is 0.465 e. The van der Waals surface area contributed by atoms with E-state index in [0.717, 1.165) is 19.3 Å². The van der Waals surface area contributed by atoms with Crippen LogP contribution in [0.25, 0.3) is 10.4 Å². The lowest BCUT2D eigenvalue weighted by Gasteiger charge is -2.48. The third kappa shape index (κ3) is 1.22. The van der Waals surface area contributed by atoms with Crippen molar-refractivity contribution in [3.8, 4) is 0 Å². The van der Waals surface area contributed by atoms with Gasteiger partial charge in [-0.05, 0) is 44.6 Å². The van der Waals surface area contributed by atoms with E-state index in [1.807, 2.05) is 6.92 Å². The van der Waals surface area contributed by atoms with Crippen LogP contribution in [0.5, 0.6) is 0 Å². The van der Waals surface area contributed by atoms with Gasteiger partial charge in [-0.3, -0.25) is 4.79 Å². The molecule has 18 heavy (non-hydrogen) atoms. The van der Waals surface area contributed by atoms with Crippen LogP contribution in [0.2, 0.25) is 0 Å². The molecule has 0 N–H and O–H groups in total. The molecular weight excluding hydrogens is 234 g/mol. The fourth-order valence-corrected chi connectivity index (χ4v) is 3.94. The number of esters is 1. The molecule has 4 rings (SSSR count). The Balaban J connectivity index is 1.84. The molecule has 0 atom stereocenters. The van der Waals surface area contributed by atoms with Gasteiger partial charge in [0.15, 0.2) is 0 Å². The van der Waals surface area contributed by atoms with Crippen molar-refractivity contribution < 1.29 is 14.3 Å². The molecule has 0 unspecified atom stereocenters. The number of azide groups is 1. The molecule has 0 aromatic heterocycles. The van der Waals surface area contributed by atoms with Crippen LogP contribution in [-0.2, 0) is 14.3 Å². The Morgan fingerprint density at radius 2 is 2.22 bits per heavy atom. The lowest BCUT2D eigenvalue weighted by Crippen LogP contribution is -2.58. The minimum atomic E-state index is -0.466. The molecule has 4 fully saturated rings. The van der Waals surface area contributed by atoms with Gasteiger partial charge in [-0.15, -0.1) is 0 Å². The van der Waals surface area contributed by atoms with Crippen LogP contribution in [-0.4, -0.2) is 30.3 Å². The van der Waals surface area contributed by atoms with Gasteiger partial charge >= 0.3 is 5.97 Å². The smallest absolute Gasteiger partial charge is 0.315 e. The Kier molecular flexibility index (Phi) is 2.37. The first-order chi connectivity index (χ1) is 8.62. The number of carbonyl (C=O) groups excluding carboxylic acids is 1. The second-order valence-electron chi connectivity index (χ2n) is 5.68. The molecule has 6 nitrogen and oxygen atoms in total. The molecule has 0 radical (unpaired) electrons. The summed E-state index contributed by atoms with van der Waals surface area (Å²) in [7, 11) is 0. The number of ether oxygens (including phenoxy) is 2. The molecule has 0 amide bonds. The van der Waals surface area contributed by atoms with E-state index in [-0.39, 0.29) is 11.6 Å². The predicted octanol–water partition coefficient (Wildman–Crippen LogP) is 2.33. The van der Waals surface area contributed by atoms with E-state index in [1.165, 1.54) is 0 Å². The summed E-state index contributed by atoms with van der Waals surface area (Å²) >= 11 is 0. The van der Waals surface area contributed by atoms with Crippen molar-refractivity contribution in [3.63, 3.8) is 0 Å². The van der Waals surface area contributed by atoms with E-state index in [0.29, 0.717) is 26.0 Å². The standard InChI is InChI=1S/C12H17N3O3/c1-2-17-9(16)11-6-10(7-11,8-14-15-13)18-12(11)4-3-5-12/h2-8H2,1H3. The van der Waals surface area contributed by atoms with Gasteiger partial charge in [0.2, 0.25) is 0 Å². The monoisotopic (exact) mass is 251 g/mol. The van der Waals surface area contributed by atoms with Crippen LogP contribution < -0.4 is 0 Å². The lowest BCUT2D eigenvalue weighted by molar-refractivity contribution is -0.170. The Bertz CT molecular complexity index is 432. The minimum absolute atomic E-state index is 0.126. The quantitative estimate of drug-likeness (QED) is 0.332. The first-order valence-electron chi connectivity index (χ1n) is 6.50. The summed E-state index contributed by atoms with van der Waals surface area (Å²) in [5.41, 5.74) is 7.23. The molecule has 6 heteroatoms. The minimum Gasteiger partial charge on any atom is -0.465 e. The zero-order valence-electron chi connectivity index (χ0n) is 10.5. The van der Waals surface area contributed by atoms with Gasteiger partial charge in [0, 0.05) is 4.91 Å². The van der Waals surface area contributed by atoms with Gasteiger partial charge in [-0.25, -0.2) is 0 Å². The molecule has 2 bridgehead atoms. The van der Waals surface area contributed by atoms with Gasteiger partial charge in [-0.1, -0.05) is 5.11 Å². The van der Waals surface area contributed by atoms with Crippen molar-refractivity contribution in [1.29, 1.82) is 0 Å². The molecule has 98 valence electrons. The SMILES string of the molecule is CCOC(=O)C12CC(CN=[N+]=[N-])(C1)OC21CCC1. The fourth-order valence-electron chi connectivity index (χ4n) is 3.94. The molecule has 0 aromatic rings. The Morgan fingerprint density at radius 3 is 2.72 bits per heavy atom. The van der Waals surface area contributed by atoms with E-state index < -0.39 is 11.0 Å². The maximum atomic E-state index is 12.2. The van der Waals surface area contributed by atoms with E-state index >= 15 is 0 Å². The van der Waals surface area contributed by atoms with Gasteiger partial charge in [-0.2, -0.15) is 0 Å². The number of hydrogen-bond donors (Lipinski definition) is 0. The summed E-state index contributed by atoms with van der Waals surface area (Å²) in [6.45, 7) is 2.55. The van der Waals surface area contributed by atoms with Crippen molar-refractivity contribution in [3.05, 3.63) is 10.4 Å². The Hall–Kier alpha value is -1.26. The highest BCUT2D eigenvalue weighted by Gasteiger charge is 2.79. The molecule has 0 aromatic carbocycles. The summed E-state index contributed by atoms with van der Waals surface area (Å²) in [6, 6.07) is 0. The highest BCUT2D eigenvalue weighted by molar-refractivity contribution is 5.82. The Morgan fingerprint density at radius 1 is 1.50 bits per heavy atom. The zero-order valence-corrected chi connectivity index (χ0v) is 10.5. The number of carbonyl (C=O) groups is 1. The molecule has 2 saturated carbocycles. The maximum absolute atomic E-state index is 12.2. The third-order valence-corrected chi connectivity index (χ3v) is 4.78. The summed E-state index contributed by atoms with van der Waals surface area (Å²) < 4.78 is 11.4. The van der Waals surface area contributed by atoms with E-state index in [9.17, 15) is 4.79 Å².